The van der Waals surface area contributed by atoms with Crippen molar-refractivity contribution in [1.29, 1.82) is 0 Å². The van der Waals surface area contributed by atoms with Gasteiger partial charge in [0.05, 0.1) is 0 Å². The molecular weight excluding hydrogens is 204 g/mol. The summed E-state index contributed by atoms with van der Waals surface area (Å²) in [5.74, 6) is 0. The van der Waals surface area contributed by atoms with Gasteiger partial charge in [-0.3, -0.25) is 0 Å². The van der Waals surface area contributed by atoms with E-state index in [1.54, 1.807) is 0 Å². The van der Waals surface area contributed by atoms with Gasteiger partial charge in [0, 0.05) is 6.42 Å². The maximum Gasteiger partial charge on any atom is 0.0204 e. The number of benzene rings is 2. The van der Waals surface area contributed by atoms with Crippen molar-refractivity contribution >= 4 is 0 Å². The SMILES string of the molecule is Cc1ccc(C)c([CH]c2cc(C)ccc2C)c1. The minimum Gasteiger partial charge on any atom is -0.0590 e. The van der Waals surface area contributed by atoms with Crippen LogP contribution in [0.4, 0.5) is 0 Å². The predicted octanol–water partition coefficient (Wildman–Crippen LogP) is 4.52. The van der Waals surface area contributed by atoms with Crippen LogP contribution in [0.15, 0.2) is 36.4 Å². The van der Waals surface area contributed by atoms with Gasteiger partial charge in [0.15, 0.2) is 0 Å². The van der Waals surface area contributed by atoms with Gasteiger partial charge in [0.25, 0.3) is 0 Å². The Morgan fingerprint density at radius 1 is 0.647 bits per heavy atom. The Kier molecular flexibility index (Phi) is 3.33. The lowest BCUT2D eigenvalue weighted by molar-refractivity contribution is 1.26. The van der Waals surface area contributed by atoms with E-state index in [1.165, 1.54) is 33.4 Å². The third-order valence-electron chi connectivity index (χ3n) is 3.18. The van der Waals surface area contributed by atoms with E-state index in [2.05, 4.69) is 70.5 Å². The van der Waals surface area contributed by atoms with Gasteiger partial charge in [0.1, 0.15) is 0 Å². The fraction of sp³-hybridized carbons (Fsp3) is 0.235. The summed E-state index contributed by atoms with van der Waals surface area (Å²) < 4.78 is 0. The van der Waals surface area contributed by atoms with Crippen LogP contribution in [0.25, 0.3) is 0 Å². The molecule has 0 saturated carbocycles. The highest BCUT2D eigenvalue weighted by molar-refractivity contribution is 5.47. The molecule has 0 amide bonds. The fourth-order valence-electron chi connectivity index (χ4n) is 2.00. The highest BCUT2D eigenvalue weighted by atomic mass is 14.1. The summed E-state index contributed by atoms with van der Waals surface area (Å²) in [7, 11) is 0. The Morgan fingerprint density at radius 2 is 1.06 bits per heavy atom. The van der Waals surface area contributed by atoms with E-state index in [0.717, 1.165) is 0 Å². The maximum atomic E-state index is 2.28. The number of hydrogen-bond donors (Lipinski definition) is 0. The minimum absolute atomic E-state index is 1.31. The van der Waals surface area contributed by atoms with Crippen LogP contribution in [-0.4, -0.2) is 0 Å². The van der Waals surface area contributed by atoms with Gasteiger partial charge >= 0.3 is 0 Å². The van der Waals surface area contributed by atoms with Crippen molar-refractivity contribution in [3.8, 4) is 0 Å². The smallest absolute Gasteiger partial charge is 0.0204 e. The van der Waals surface area contributed by atoms with E-state index in [0.29, 0.717) is 0 Å². The molecule has 0 N–H and O–H groups in total. The number of rotatable bonds is 2. The van der Waals surface area contributed by atoms with Crippen molar-refractivity contribution in [2.75, 3.05) is 0 Å². The minimum atomic E-state index is 1.31. The van der Waals surface area contributed by atoms with Crippen molar-refractivity contribution in [3.63, 3.8) is 0 Å². The first-order valence-corrected chi connectivity index (χ1v) is 6.05. The molecule has 2 aromatic carbocycles. The Hall–Kier alpha value is -1.56. The lowest BCUT2D eigenvalue weighted by Gasteiger charge is -2.10. The second-order valence-electron chi connectivity index (χ2n) is 4.86. The molecule has 0 aliphatic heterocycles. The van der Waals surface area contributed by atoms with Crippen LogP contribution in [0.2, 0.25) is 0 Å². The van der Waals surface area contributed by atoms with Crippen LogP contribution < -0.4 is 0 Å². The molecule has 0 aliphatic rings. The monoisotopic (exact) mass is 223 g/mol. The lowest BCUT2D eigenvalue weighted by atomic mass is 9.95. The molecule has 17 heavy (non-hydrogen) atoms. The summed E-state index contributed by atoms with van der Waals surface area (Å²) in [4.78, 5) is 0. The summed E-state index contributed by atoms with van der Waals surface area (Å²) in [5.41, 5.74) is 7.92. The molecule has 2 aromatic rings. The van der Waals surface area contributed by atoms with Crippen LogP contribution in [0.1, 0.15) is 33.4 Å². The van der Waals surface area contributed by atoms with E-state index in [-0.39, 0.29) is 0 Å². The van der Waals surface area contributed by atoms with Gasteiger partial charge in [-0.1, -0.05) is 47.5 Å². The first-order valence-electron chi connectivity index (χ1n) is 6.05. The Balaban J connectivity index is 2.37. The molecule has 0 bridgehead atoms. The van der Waals surface area contributed by atoms with Crippen LogP contribution in [-0.2, 0) is 0 Å². The molecule has 0 aromatic heterocycles. The summed E-state index contributed by atoms with van der Waals surface area (Å²) in [5, 5.41) is 0. The van der Waals surface area contributed by atoms with Crippen molar-refractivity contribution < 1.29 is 0 Å². The number of hydrogen-bond acceptors (Lipinski definition) is 0. The molecule has 0 atom stereocenters. The molecule has 0 unspecified atom stereocenters. The summed E-state index contributed by atoms with van der Waals surface area (Å²) >= 11 is 0. The van der Waals surface area contributed by atoms with Gasteiger partial charge in [-0.15, -0.1) is 0 Å². The molecule has 0 heterocycles. The van der Waals surface area contributed by atoms with Crippen molar-refractivity contribution in [3.05, 3.63) is 76.2 Å². The average molecular weight is 223 g/mol. The topological polar surface area (TPSA) is 0 Å². The zero-order valence-electron chi connectivity index (χ0n) is 11.0. The first-order chi connectivity index (χ1) is 8.06. The van der Waals surface area contributed by atoms with Crippen molar-refractivity contribution in [2.45, 2.75) is 27.7 Å². The second kappa shape index (κ2) is 4.75. The predicted molar refractivity (Wildman–Crippen MR) is 74.3 cm³/mol. The summed E-state index contributed by atoms with van der Waals surface area (Å²) in [6.07, 6.45) is 2.28. The van der Waals surface area contributed by atoms with Crippen LogP contribution in [0.5, 0.6) is 0 Å². The third kappa shape index (κ3) is 2.76. The highest BCUT2D eigenvalue weighted by Gasteiger charge is 2.04. The highest BCUT2D eigenvalue weighted by Crippen LogP contribution is 2.20. The van der Waals surface area contributed by atoms with Crippen LogP contribution in [0.3, 0.4) is 0 Å². The van der Waals surface area contributed by atoms with E-state index in [1.807, 2.05) is 0 Å². The standard InChI is InChI=1S/C17H19/c1-12-5-7-14(3)16(9-12)11-17-10-13(2)6-8-15(17)4/h5-11H,1-4H3. The quantitative estimate of drug-likeness (QED) is 0.702. The number of aryl methyl sites for hydroxylation is 4. The normalized spacial score (nSPS) is 10.6. The van der Waals surface area contributed by atoms with Crippen LogP contribution in [0, 0.1) is 34.1 Å². The molecule has 87 valence electrons. The van der Waals surface area contributed by atoms with E-state index in [9.17, 15) is 0 Å². The van der Waals surface area contributed by atoms with Gasteiger partial charge in [-0.25, -0.2) is 0 Å². The molecule has 0 nitrogen and oxygen atoms in total. The Morgan fingerprint density at radius 3 is 1.47 bits per heavy atom. The first kappa shape index (κ1) is 11.9. The zero-order valence-corrected chi connectivity index (χ0v) is 11.0. The molecule has 2 rings (SSSR count). The van der Waals surface area contributed by atoms with E-state index < -0.39 is 0 Å². The summed E-state index contributed by atoms with van der Waals surface area (Å²) in [6, 6.07) is 13.2. The summed E-state index contributed by atoms with van der Waals surface area (Å²) in [6.45, 7) is 8.60. The van der Waals surface area contributed by atoms with Crippen molar-refractivity contribution in [1.82, 2.24) is 0 Å². The molecule has 0 spiro atoms. The molecule has 0 aliphatic carbocycles. The maximum absolute atomic E-state index is 2.28. The molecule has 0 heteroatoms. The molecule has 1 radical (unpaired) electrons. The van der Waals surface area contributed by atoms with E-state index in [4.69, 9.17) is 0 Å². The van der Waals surface area contributed by atoms with E-state index >= 15 is 0 Å². The lowest BCUT2D eigenvalue weighted by Crippen LogP contribution is -1.93. The van der Waals surface area contributed by atoms with Crippen LogP contribution >= 0.6 is 0 Å². The van der Waals surface area contributed by atoms with Gasteiger partial charge in [-0.2, -0.15) is 0 Å². The van der Waals surface area contributed by atoms with Gasteiger partial charge < -0.3 is 0 Å². The second-order valence-corrected chi connectivity index (χ2v) is 4.86. The molecule has 0 saturated heterocycles. The third-order valence-corrected chi connectivity index (χ3v) is 3.18. The largest absolute Gasteiger partial charge is 0.0590 e. The van der Waals surface area contributed by atoms with Gasteiger partial charge in [-0.05, 0) is 49.9 Å². The Bertz CT molecular complexity index is 486. The van der Waals surface area contributed by atoms with Gasteiger partial charge in [0.2, 0.25) is 0 Å². The Labute approximate surface area is 104 Å². The fourth-order valence-corrected chi connectivity index (χ4v) is 2.00. The zero-order chi connectivity index (χ0) is 12.4. The van der Waals surface area contributed by atoms with Crippen molar-refractivity contribution in [2.24, 2.45) is 0 Å². The molecule has 0 fully saturated rings. The molecular formula is C17H19. The average Bonchev–Trinajstić information content (AvgIpc) is 2.28.